The Morgan fingerprint density at radius 1 is 1.30 bits per heavy atom. The molecule has 0 saturated heterocycles. The molecule has 1 aliphatic heterocycles. The lowest BCUT2D eigenvalue weighted by Gasteiger charge is -2.28. The van der Waals surface area contributed by atoms with E-state index in [1.807, 2.05) is 36.4 Å². The minimum atomic E-state index is 0. The molecule has 7 heteroatoms. The molecule has 0 bridgehead atoms. The summed E-state index contributed by atoms with van der Waals surface area (Å²) < 4.78 is 10.9. The molecule has 0 spiro atoms. The van der Waals surface area contributed by atoms with Crippen LogP contribution in [0.15, 0.2) is 47.5 Å². The van der Waals surface area contributed by atoms with Crippen molar-refractivity contribution < 1.29 is 9.47 Å². The Morgan fingerprint density at radius 2 is 2.11 bits per heavy atom. The zero-order valence-corrected chi connectivity index (χ0v) is 18.6. The smallest absolute Gasteiger partial charge is 0.191 e. The molecule has 0 saturated carbocycles. The second kappa shape index (κ2) is 10.6. The molecular weight excluding hydrogens is 477 g/mol. The molecule has 0 aliphatic carbocycles. The predicted molar refractivity (Wildman–Crippen MR) is 121 cm³/mol. The standard InChI is InChI=1S/C20H24ClN3O2.HI/c1-22-20(23-11-9-14-7-8-15(25-2)13-17(14)21)24-18-10-12-26-19-6-4-3-5-16(18)19;/h3-8,13,18H,9-12H2,1-2H3,(H2,22,23,24);1H. The van der Waals surface area contributed by atoms with E-state index in [9.17, 15) is 0 Å². The maximum Gasteiger partial charge on any atom is 0.191 e. The van der Waals surface area contributed by atoms with Gasteiger partial charge in [0.25, 0.3) is 0 Å². The molecule has 1 unspecified atom stereocenters. The van der Waals surface area contributed by atoms with Crippen LogP contribution in [0.25, 0.3) is 0 Å². The van der Waals surface area contributed by atoms with E-state index in [1.54, 1.807) is 14.2 Å². The summed E-state index contributed by atoms with van der Waals surface area (Å²) in [5.74, 6) is 2.48. The number of halogens is 2. The van der Waals surface area contributed by atoms with Gasteiger partial charge in [-0.2, -0.15) is 0 Å². The predicted octanol–water partition coefficient (Wildman–Crippen LogP) is 4.20. The van der Waals surface area contributed by atoms with Gasteiger partial charge in [0, 0.05) is 30.6 Å². The van der Waals surface area contributed by atoms with Crippen LogP contribution < -0.4 is 20.1 Å². The molecule has 146 valence electrons. The highest BCUT2D eigenvalue weighted by Crippen LogP contribution is 2.31. The van der Waals surface area contributed by atoms with Crippen LogP contribution in [0.4, 0.5) is 0 Å². The van der Waals surface area contributed by atoms with Crippen molar-refractivity contribution in [3.8, 4) is 11.5 Å². The Labute approximate surface area is 182 Å². The SMILES string of the molecule is CN=C(NCCc1ccc(OC)cc1Cl)NC1CCOc2ccccc21.I. The van der Waals surface area contributed by atoms with Gasteiger partial charge in [-0.25, -0.2) is 0 Å². The van der Waals surface area contributed by atoms with Gasteiger partial charge in [0.1, 0.15) is 11.5 Å². The van der Waals surface area contributed by atoms with Crippen molar-refractivity contribution in [2.24, 2.45) is 4.99 Å². The fraction of sp³-hybridized carbons (Fsp3) is 0.350. The van der Waals surface area contributed by atoms with Gasteiger partial charge in [-0.05, 0) is 30.2 Å². The summed E-state index contributed by atoms with van der Waals surface area (Å²) in [6.45, 7) is 1.43. The third-order valence-electron chi connectivity index (χ3n) is 4.44. The number of nitrogens with zero attached hydrogens (tertiary/aromatic N) is 1. The first-order chi connectivity index (χ1) is 12.7. The van der Waals surface area contributed by atoms with Crippen molar-refractivity contribution in [1.29, 1.82) is 0 Å². The number of nitrogens with one attached hydrogen (secondary N) is 2. The molecule has 2 aromatic rings. The van der Waals surface area contributed by atoms with Gasteiger partial charge in [-0.1, -0.05) is 35.9 Å². The number of fused-ring (bicyclic) bond motifs is 1. The van der Waals surface area contributed by atoms with Crippen molar-refractivity contribution >= 4 is 41.5 Å². The maximum atomic E-state index is 6.30. The monoisotopic (exact) mass is 501 g/mol. The van der Waals surface area contributed by atoms with Crippen LogP contribution in [0.3, 0.4) is 0 Å². The van der Waals surface area contributed by atoms with Crippen LogP contribution in [0.1, 0.15) is 23.6 Å². The molecule has 1 heterocycles. The van der Waals surface area contributed by atoms with E-state index in [0.717, 1.165) is 42.4 Å². The number of guanidine groups is 1. The molecule has 1 atom stereocenters. The number of hydrogen-bond donors (Lipinski definition) is 2. The van der Waals surface area contributed by atoms with Crippen LogP contribution >= 0.6 is 35.6 Å². The number of methoxy groups -OCH3 is 1. The van der Waals surface area contributed by atoms with Crippen molar-refractivity contribution in [2.45, 2.75) is 18.9 Å². The third-order valence-corrected chi connectivity index (χ3v) is 4.79. The van der Waals surface area contributed by atoms with Gasteiger partial charge in [0.2, 0.25) is 0 Å². The Morgan fingerprint density at radius 3 is 2.85 bits per heavy atom. The van der Waals surface area contributed by atoms with Gasteiger partial charge in [0.15, 0.2) is 5.96 Å². The zero-order chi connectivity index (χ0) is 18.4. The molecule has 0 radical (unpaired) electrons. The lowest BCUT2D eigenvalue weighted by Crippen LogP contribution is -2.41. The molecule has 1 aliphatic rings. The molecule has 27 heavy (non-hydrogen) atoms. The topological polar surface area (TPSA) is 54.9 Å². The van der Waals surface area contributed by atoms with E-state index in [1.165, 1.54) is 5.56 Å². The summed E-state index contributed by atoms with van der Waals surface area (Å²) in [6.07, 6.45) is 1.70. The van der Waals surface area contributed by atoms with Gasteiger partial charge >= 0.3 is 0 Å². The number of para-hydroxylation sites is 1. The average Bonchev–Trinajstić information content (AvgIpc) is 2.68. The van der Waals surface area contributed by atoms with Gasteiger partial charge in [0.05, 0.1) is 19.8 Å². The highest BCUT2D eigenvalue weighted by molar-refractivity contribution is 14.0. The summed E-state index contributed by atoms with van der Waals surface area (Å²) >= 11 is 6.30. The Bertz CT molecular complexity index is 786. The van der Waals surface area contributed by atoms with E-state index in [4.69, 9.17) is 21.1 Å². The number of hydrogen-bond acceptors (Lipinski definition) is 3. The third kappa shape index (κ3) is 5.65. The number of benzene rings is 2. The Balaban J connectivity index is 0.00000261. The minimum Gasteiger partial charge on any atom is -0.497 e. The van der Waals surface area contributed by atoms with E-state index >= 15 is 0 Å². The van der Waals surface area contributed by atoms with E-state index in [0.29, 0.717) is 11.6 Å². The Kier molecular flexibility index (Phi) is 8.50. The van der Waals surface area contributed by atoms with Crippen LogP contribution in [-0.2, 0) is 6.42 Å². The molecule has 3 rings (SSSR count). The van der Waals surface area contributed by atoms with Crippen molar-refractivity contribution in [2.75, 3.05) is 27.3 Å². The van der Waals surface area contributed by atoms with E-state index in [2.05, 4.69) is 21.7 Å². The summed E-state index contributed by atoms with van der Waals surface area (Å²) in [6, 6.07) is 14.1. The normalized spacial score (nSPS) is 15.8. The average molecular weight is 502 g/mol. The number of ether oxygens (including phenoxy) is 2. The quantitative estimate of drug-likeness (QED) is 0.366. The molecule has 5 nitrogen and oxygen atoms in total. The zero-order valence-electron chi connectivity index (χ0n) is 15.5. The fourth-order valence-electron chi connectivity index (χ4n) is 3.03. The van der Waals surface area contributed by atoms with Gasteiger partial charge < -0.3 is 20.1 Å². The summed E-state index contributed by atoms with van der Waals surface area (Å²) in [5, 5.41) is 7.56. The second-order valence-corrected chi connectivity index (χ2v) is 6.49. The molecule has 0 fully saturated rings. The molecule has 0 aromatic heterocycles. The van der Waals surface area contributed by atoms with E-state index < -0.39 is 0 Å². The Hall–Kier alpha value is -1.67. The second-order valence-electron chi connectivity index (χ2n) is 6.08. The molecule has 0 amide bonds. The van der Waals surface area contributed by atoms with Crippen molar-refractivity contribution in [3.63, 3.8) is 0 Å². The molecule has 2 N–H and O–H groups in total. The van der Waals surface area contributed by atoms with Crippen LogP contribution in [0.5, 0.6) is 11.5 Å². The first-order valence-corrected chi connectivity index (χ1v) is 9.10. The first kappa shape index (κ1) is 21.6. The summed E-state index contributed by atoms with van der Waals surface area (Å²) in [7, 11) is 3.41. The summed E-state index contributed by atoms with van der Waals surface area (Å²) in [4.78, 5) is 4.34. The minimum absolute atomic E-state index is 0. The van der Waals surface area contributed by atoms with Crippen LogP contribution in [0.2, 0.25) is 5.02 Å². The number of rotatable bonds is 5. The van der Waals surface area contributed by atoms with Gasteiger partial charge in [-0.3, -0.25) is 4.99 Å². The van der Waals surface area contributed by atoms with Crippen molar-refractivity contribution in [1.82, 2.24) is 10.6 Å². The highest BCUT2D eigenvalue weighted by Gasteiger charge is 2.21. The lowest BCUT2D eigenvalue weighted by atomic mass is 10.0. The largest absolute Gasteiger partial charge is 0.497 e. The highest BCUT2D eigenvalue weighted by atomic mass is 127. The van der Waals surface area contributed by atoms with Crippen LogP contribution in [0, 0.1) is 0 Å². The molecular formula is C20H25ClIN3O2. The lowest BCUT2D eigenvalue weighted by molar-refractivity contribution is 0.261. The van der Waals surface area contributed by atoms with Gasteiger partial charge in [-0.15, -0.1) is 24.0 Å². The first-order valence-electron chi connectivity index (χ1n) is 8.72. The summed E-state index contributed by atoms with van der Waals surface area (Å²) in [5.41, 5.74) is 2.24. The number of aliphatic imine (C=N–C) groups is 1. The fourth-order valence-corrected chi connectivity index (χ4v) is 3.29. The van der Waals surface area contributed by atoms with E-state index in [-0.39, 0.29) is 30.0 Å². The van der Waals surface area contributed by atoms with Crippen molar-refractivity contribution in [3.05, 3.63) is 58.6 Å². The maximum absolute atomic E-state index is 6.30. The van der Waals surface area contributed by atoms with Crippen LogP contribution in [-0.4, -0.2) is 33.3 Å². The molecule has 2 aromatic carbocycles.